The Kier molecular flexibility index (Phi) is 6.39. The van der Waals surface area contributed by atoms with Gasteiger partial charge in [0.2, 0.25) is 0 Å². The van der Waals surface area contributed by atoms with E-state index in [0.29, 0.717) is 5.92 Å². The molecule has 0 spiro atoms. The molecule has 1 atom stereocenters. The molecule has 0 aromatic carbocycles. The van der Waals surface area contributed by atoms with Gasteiger partial charge in [0.25, 0.3) is 0 Å². The second-order valence-electron chi connectivity index (χ2n) is 4.84. The highest BCUT2D eigenvalue weighted by atomic mass is 32.1. The summed E-state index contributed by atoms with van der Waals surface area (Å²) in [6.07, 6.45) is 11.3. The van der Waals surface area contributed by atoms with Crippen molar-refractivity contribution in [3.63, 3.8) is 0 Å². The van der Waals surface area contributed by atoms with Gasteiger partial charge in [-0.05, 0) is 25.2 Å². The third kappa shape index (κ3) is 4.58. The second-order valence-corrected chi connectivity index (χ2v) is 5.28. The van der Waals surface area contributed by atoms with Crippen molar-refractivity contribution in [2.45, 2.75) is 64.7 Å². The van der Waals surface area contributed by atoms with E-state index in [2.05, 4.69) is 19.6 Å². The third-order valence-corrected chi connectivity index (χ3v) is 3.99. The fourth-order valence-corrected chi connectivity index (χ4v) is 3.05. The van der Waals surface area contributed by atoms with E-state index >= 15 is 0 Å². The number of thiol groups is 1. The summed E-state index contributed by atoms with van der Waals surface area (Å²) < 4.78 is 0. The standard InChI is InChI=1S/C13H24OS/c1-2-3-5-10-12(13(14)15)11-8-6-4-7-9-11/h11-12H,2-10H2,1H3,(H,14,15). The van der Waals surface area contributed by atoms with E-state index in [-0.39, 0.29) is 11.0 Å². The Morgan fingerprint density at radius 3 is 2.47 bits per heavy atom. The zero-order valence-corrected chi connectivity index (χ0v) is 10.8. The Morgan fingerprint density at radius 2 is 1.93 bits per heavy atom. The lowest BCUT2D eigenvalue weighted by Crippen LogP contribution is -2.23. The molecule has 0 N–H and O–H groups in total. The highest BCUT2D eigenvalue weighted by Gasteiger charge is 2.26. The maximum atomic E-state index is 11.5. The molecule has 2 heteroatoms. The molecule has 0 radical (unpaired) electrons. The van der Waals surface area contributed by atoms with Gasteiger partial charge >= 0.3 is 0 Å². The maximum Gasteiger partial charge on any atom is 0.189 e. The van der Waals surface area contributed by atoms with Gasteiger partial charge in [-0.15, -0.1) is 12.6 Å². The van der Waals surface area contributed by atoms with Gasteiger partial charge in [0.05, 0.1) is 0 Å². The molecule has 0 bridgehead atoms. The van der Waals surface area contributed by atoms with Crippen LogP contribution in [0.4, 0.5) is 0 Å². The summed E-state index contributed by atoms with van der Waals surface area (Å²) in [5.74, 6) is 0.890. The summed E-state index contributed by atoms with van der Waals surface area (Å²) >= 11 is 4.07. The van der Waals surface area contributed by atoms with E-state index in [4.69, 9.17) is 0 Å². The number of hydrogen-bond donors (Lipinski definition) is 1. The SMILES string of the molecule is CCCCCC(C(=O)S)C1CCCCC1. The second kappa shape index (κ2) is 7.32. The van der Waals surface area contributed by atoms with Crippen LogP contribution in [0.5, 0.6) is 0 Å². The van der Waals surface area contributed by atoms with Crippen molar-refractivity contribution >= 4 is 17.7 Å². The molecule has 1 unspecified atom stereocenters. The molecule has 1 fully saturated rings. The minimum absolute atomic E-state index is 0.137. The van der Waals surface area contributed by atoms with Crippen molar-refractivity contribution in [2.75, 3.05) is 0 Å². The van der Waals surface area contributed by atoms with E-state index in [1.165, 1.54) is 51.4 Å². The average Bonchev–Trinajstić information content (AvgIpc) is 2.25. The van der Waals surface area contributed by atoms with Crippen LogP contribution >= 0.6 is 12.6 Å². The van der Waals surface area contributed by atoms with Gasteiger partial charge in [-0.3, -0.25) is 4.79 Å². The van der Waals surface area contributed by atoms with Crippen LogP contribution in [-0.2, 0) is 4.79 Å². The van der Waals surface area contributed by atoms with Gasteiger partial charge < -0.3 is 0 Å². The van der Waals surface area contributed by atoms with E-state index in [9.17, 15) is 4.79 Å². The first kappa shape index (κ1) is 13.1. The van der Waals surface area contributed by atoms with Crippen LogP contribution in [-0.4, -0.2) is 5.12 Å². The molecule has 1 aliphatic carbocycles. The summed E-state index contributed by atoms with van der Waals surface area (Å²) in [6, 6.07) is 0. The van der Waals surface area contributed by atoms with Gasteiger partial charge in [-0.1, -0.05) is 45.4 Å². The molecule has 1 rings (SSSR count). The van der Waals surface area contributed by atoms with E-state index in [1.807, 2.05) is 0 Å². The van der Waals surface area contributed by atoms with Gasteiger partial charge in [0.1, 0.15) is 0 Å². The monoisotopic (exact) mass is 228 g/mol. The van der Waals surface area contributed by atoms with E-state index in [0.717, 1.165) is 6.42 Å². The summed E-state index contributed by atoms with van der Waals surface area (Å²) in [6.45, 7) is 2.21. The van der Waals surface area contributed by atoms with Crippen molar-refractivity contribution in [1.29, 1.82) is 0 Å². The Labute approximate surface area is 99.4 Å². The normalized spacial score (nSPS) is 20.1. The average molecular weight is 228 g/mol. The summed E-state index contributed by atoms with van der Waals surface area (Å²) in [5.41, 5.74) is 0. The zero-order chi connectivity index (χ0) is 11.1. The van der Waals surface area contributed by atoms with E-state index in [1.54, 1.807) is 0 Å². The molecule has 0 aromatic rings. The first-order valence-corrected chi connectivity index (χ1v) is 6.93. The van der Waals surface area contributed by atoms with Crippen LogP contribution in [0.1, 0.15) is 64.7 Å². The molecule has 0 amide bonds. The molecule has 0 heterocycles. The van der Waals surface area contributed by atoms with Crippen LogP contribution in [0.15, 0.2) is 0 Å². The molecule has 0 aromatic heterocycles. The Balaban J connectivity index is 2.37. The highest BCUT2D eigenvalue weighted by Crippen LogP contribution is 2.33. The molecule has 0 aliphatic heterocycles. The number of rotatable bonds is 6. The quantitative estimate of drug-likeness (QED) is 0.532. The molecule has 88 valence electrons. The molecular weight excluding hydrogens is 204 g/mol. The van der Waals surface area contributed by atoms with Crippen molar-refractivity contribution in [3.05, 3.63) is 0 Å². The predicted molar refractivity (Wildman–Crippen MR) is 68.2 cm³/mol. The third-order valence-electron chi connectivity index (χ3n) is 3.65. The van der Waals surface area contributed by atoms with E-state index < -0.39 is 0 Å². The van der Waals surface area contributed by atoms with Crippen LogP contribution < -0.4 is 0 Å². The fourth-order valence-electron chi connectivity index (χ4n) is 2.71. The molecule has 1 aliphatic rings. The minimum Gasteiger partial charge on any atom is -0.287 e. The summed E-state index contributed by atoms with van der Waals surface area (Å²) in [7, 11) is 0. The Morgan fingerprint density at radius 1 is 1.27 bits per heavy atom. The number of hydrogen-bond acceptors (Lipinski definition) is 1. The van der Waals surface area contributed by atoms with Crippen molar-refractivity contribution in [3.8, 4) is 0 Å². The molecule has 1 nitrogen and oxygen atoms in total. The zero-order valence-electron chi connectivity index (χ0n) is 9.87. The first-order chi connectivity index (χ1) is 7.25. The van der Waals surface area contributed by atoms with Crippen LogP contribution in [0.25, 0.3) is 0 Å². The van der Waals surface area contributed by atoms with Crippen LogP contribution in [0, 0.1) is 11.8 Å². The first-order valence-electron chi connectivity index (χ1n) is 6.48. The lowest BCUT2D eigenvalue weighted by molar-refractivity contribution is -0.116. The molecule has 1 saturated carbocycles. The van der Waals surface area contributed by atoms with Crippen molar-refractivity contribution in [2.24, 2.45) is 11.8 Å². The van der Waals surface area contributed by atoms with Crippen LogP contribution in [0.3, 0.4) is 0 Å². The van der Waals surface area contributed by atoms with Gasteiger partial charge in [0.15, 0.2) is 5.12 Å². The number of carbonyl (C=O) groups excluding carboxylic acids is 1. The maximum absolute atomic E-state index is 11.5. The fraction of sp³-hybridized carbons (Fsp3) is 0.923. The Hall–Kier alpha value is 0.0200. The predicted octanol–water partition coefficient (Wildman–Crippen LogP) is 4.22. The number of unbranched alkanes of at least 4 members (excludes halogenated alkanes) is 2. The topological polar surface area (TPSA) is 17.1 Å². The highest BCUT2D eigenvalue weighted by molar-refractivity contribution is 7.96. The smallest absolute Gasteiger partial charge is 0.189 e. The molecular formula is C13H24OS. The van der Waals surface area contributed by atoms with Gasteiger partial charge in [-0.2, -0.15) is 0 Å². The number of carbonyl (C=O) groups is 1. The van der Waals surface area contributed by atoms with Gasteiger partial charge in [0, 0.05) is 5.92 Å². The van der Waals surface area contributed by atoms with Crippen molar-refractivity contribution in [1.82, 2.24) is 0 Å². The largest absolute Gasteiger partial charge is 0.287 e. The lowest BCUT2D eigenvalue weighted by Gasteiger charge is -2.28. The van der Waals surface area contributed by atoms with Gasteiger partial charge in [-0.25, -0.2) is 0 Å². The minimum atomic E-state index is 0.137. The summed E-state index contributed by atoms with van der Waals surface area (Å²) in [5, 5.41) is 0.137. The van der Waals surface area contributed by atoms with Crippen LogP contribution in [0.2, 0.25) is 0 Å². The lowest BCUT2D eigenvalue weighted by atomic mass is 9.78. The molecule has 0 saturated heterocycles. The summed E-state index contributed by atoms with van der Waals surface area (Å²) in [4.78, 5) is 11.5. The Bertz CT molecular complexity index is 185. The van der Waals surface area contributed by atoms with Crippen molar-refractivity contribution < 1.29 is 4.79 Å². The molecule has 15 heavy (non-hydrogen) atoms.